The van der Waals surface area contributed by atoms with Crippen LogP contribution in [-0.4, -0.2) is 12.6 Å². The van der Waals surface area contributed by atoms with Crippen LogP contribution < -0.4 is 5.32 Å². The summed E-state index contributed by atoms with van der Waals surface area (Å²) in [7, 11) is 0. The van der Waals surface area contributed by atoms with E-state index in [0.29, 0.717) is 0 Å². The van der Waals surface area contributed by atoms with Crippen molar-refractivity contribution in [3.63, 3.8) is 0 Å². The van der Waals surface area contributed by atoms with Crippen molar-refractivity contribution in [1.29, 1.82) is 0 Å². The lowest BCUT2D eigenvalue weighted by molar-refractivity contribution is 0.265. The lowest BCUT2D eigenvalue weighted by Gasteiger charge is -2.28. The molecule has 0 aliphatic heterocycles. The highest BCUT2D eigenvalue weighted by atomic mass is 14.9. The van der Waals surface area contributed by atoms with E-state index >= 15 is 0 Å². The average Bonchev–Trinajstić information content (AvgIpc) is 2.71. The topological polar surface area (TPSA) is 12.0 Å². The Morgan fingerprint density at radius 3 is 2.36 bits per heavy atom. The highest BCUT2D eigenvalue weighted by molar-refractivity contribution is 4.81. The second-order valence-electron chi connectivity index (χ2n) is 4.87. The van der Waals surface area contributed by atoms with Crippen LogP contribution >= 0.6 is 0 Å². The molecule has 1 nitrogen and oxygen atoms in total. The molecule has 2 atom stereocenters. The first-order valence-electron chi connectivity index (χ1n) is 6.53. The zero-order valence-corrected chi connectivity index (χ0v) is 10.2. The van der Waals surface area contributed by atoms with Crippen molar-refractivity contribution < 1.29 is 0 Å². The van der Waals surface area contributed by atoms with Crippen LogP contribution in [0.25, 0.3) is 0 Å². The Kier molecular flexibility index (Phi) is 5.54. The summed E-state index contributed by atoms with van der Waals surface area (Å²) in [6.45, 7) is 8.21. The average molecular weight is 197 g/mol. The van der Waals surface area contributed by atoms with Crippen molar-refractivity contribution >= 4 is 0 Å². The SMILES string of the molecule is CCCNC(CC)C(C)C1CCCC1. The summed E-state index contributed by atoms with van der Waals surface area (Å²) < 4.78 is 0. The Labute approximate surface area is 89.7 Å². The summed E-state index contributed by atoms with van der Waals surface area (Å²) in [6, 6.07) is 0.762. The van der Waals surface area contributed by atoms with Gasteiger partial charge in [-0.25, -0.2) is 0 Å². The van der Waals surface area contributed by atoms with Crippen LogP contribution in [0.5, 0.6) is 0 Å². The second-order valence-corrected chi connectivity index (χ2v) is 4.87. The van der Waals surface area contributed by atoms with Gasteiger partial charge in [0.15, 0.2) is 0 Å². The van der Waals surface area contributed by atoms with E-state index in [0.717, 1.165) is 17.9 Å². The molecule has 1 fully saturated rings. The molecule has 1 aliphatic carbocycles. The maximum Gasteiger partial charge on any atom is 0.00927 e. The molecule has 0 heterocycles. The van der Waals surface area contributed by atoms with Crippen molar-refractivity contribution in [2.45, 2.75) is 65.3 Å². The molecule has 2 unspecified atom stereocenters. The molecule has 0 amide bonds. The molecule has 0 aromatic rings. The first-order chi connectivity index (χ1) is 6.79. The van der Waals surface area contributed by atoms with Crippen molar-refractivity contribution in [3.8, 4) is 0 Å². The largest absolute Gasteiger partial charge is 0.314 e. The standard InChI is InChI=1S/C13H27N/c1-4-10-14-13(5-2)11(3)12-8-6-7-9-12/h11-14H,4-10H2,1-3H3. The van der Waals surface area contributed by atoms with E-state index in [2.05, 4.69) is 26.1 Å². The van der Waals surface area contributed by atoms with Crippen molar-refractivity contribution in [1.82, 2.24) is 5.32 Å². The van der Waals surface area contributed by atoms with E-state index in [-0.39, 0.29) is 0 Å². The predicted octanol–water partition coefficient (Wildman–Crippen LogP) is 3.59. The van der Waals surface area contributed by atoms with Crippen LogP contribution in [0, 0.1) is 11.8 Å². The van der Waals surface area contributed by atoms with Gasteiger partial charge in [-0.1, -0.05) is 46.5 Å². The maximum absolute atomic E-state index is 3.70. The van der Waals surface area contributed by atoms with E-state index in [1.807, 2.05) is 0 Å². The zero-order chi connectivity index (χ0) is 10.4. The van der Waals surface area contributed by atoms with Gasteiger partial charge >= 0.3 is 0 Å². The van der Waals surface area contributed by atoms with E-state index < -0.39 is 0 Å². The normalized spacial score (nSPS) is 22.5. The highest BCUT2D eigenvalue weighted by Gasteiger charge is 2.26. The van der Waals surface area contributed by atoms with E-state index in [1.54, 1.807) is 0 Å². The molecular formula is C13H27N. The van der Waals surface area contributed by atoms with Gasteiger partial charge in [0.1, 0.15) is 0 Å². The first kappa shape index (κ1) is 12.0. The molecule has 0 bridgehead atoms. The second kappa shape index (κ2) is 6.44. The van der Waals surface area contributed by atoms with Crippen LogP contribution in [-0.2, 0) is 0 Å². The molecule has 0 aromatic heterocycles. The molecule has 1 N–H and O–H groups in total. The number of nitrogens with one attached hydrogen (secondary N) is 1. The Balaban J connectivity index is 2.33. The van der Waals surface area contributed by atoms with Gasteiger partial charge in [-0.05, 0) is 31.2 Å². The lowest BCUT2D eigenvalue weighted by atomic mass is 9.85. The maximum atomic E-state index is 3.70. The minimum Gasteiger partial charge on any atom is -0.314 e. The van der Waals surface area contributed by atoms with E-state index in [4.69, 9.17) is 0 Å². The predicted molar refractivity (Wildman–Crippen MR) is 63.5 cm³/mol. The minimum absolute atomic E-state index is 0.762. The highest BCUT2D eigenvalue weighted by Crippen LogP contribution is 2.33. The minimum atomic E-state index is 0.762. The number of hydrogen-bond donors (Lipinski definition) is 1. The number of rotatable bonds is 6. The molecule has 1 saturated carbocycles. The van der Waals surface area contributed by atoms with Gasteiger partial charge in [-0.3, -0.25) is 0 Å². The molecule has 1 heteroatoms. The molecule has 0 saturated heterocycles. The first-order valence-corrected chi connectivity index (χ1v) is 6.53. The summed E-state index contributed by atoms with van der Waals surface area (Å²) in [5, 5.41) is 3.70. The Hall–Kier alpha value is -0.0400. The van der Waals surface area contributed by atoms with Crippen LogP contribution in [0.15, 0.2) is 0 Å². The van der Waals surface area contributed by atoms with Crippen molar-refractivity contribution in [2.24, 2.45) is 11.8 Å². The smallest absolute Gasteiger partial charge is 0.00927 e. The molecule has 0 radical (unpaired) electrons. The van der Waals surface area contributed by atoms with Crippen LogP contribution in [0.4, 0.5) is 0 Å². The van der Waals surface area contributed by atoms with Gasteiger partial charge in [0.25, 0.3) is 0 Å². The molecule has 1 aliphatic rings. The van der Waals surface area contributed by atoms with E-state index in [1.165, 1.54) is 45.1 Å². The fourth-order valence-electron chi connectivity index (χ4n) is 2.84. The van der Waals surface area contributed by atoms with E-state index in [9.17, 15) is 0 Å². The molecule has 0 aromatic carbocycles. The fraction of sp³-hybridized carbons (Fsp3) is 1.00. The Morgan fingerprint density at radius 2 is 1.86 bits per heavy atom. The van der Waals surface area contributed by atoms with Gasteiger partial charge in [0.05, 0.1) is 0 Å². The third-order valence-electron chi connectivity index (χ3n) is 3.87. The quantitative estimate of drug-likeness (QED) is 0.686. The van der Waals surface area contributed by atoms with Crippen LogP contribution in [0.3, 0.4) is 0 Å². The molecule has 14 heavy (non-hydrogen) atoms. The van der Waals surface area contributed by atoms with Crippen LogP contribution in [0.2, 0.25) is 0 Å². The van der Waals surface area contributed by atoms with Crippen molar-refractivity contribution in [3.05, 3.63) is 0 Å². The third-order valence-corrected chi connectivity index (χ3v) is 3.87. The van der Waals surface area contributed by atoms with Gasteiger partial charge in [-0.2, -0.15) is 0 Å². The lowest BCUT2D eigenvalue weighted by Crippen LogP contribution is -2.37. The molecule has 0 spiro atoms. The van der Waals surface area contributed by atoms with Gasteiger partial charge in [0.2, 0.25) is 0 Å². The molecule has 1 rings (SSSR count). The summed E-state index contributed by atoms with van der Waals surface area (Å²) in [6.07, 6.45) is 8.45. The zero-order valence-electron chi connectivity index (χ0n) is 10.2. The molecular weight excluding hydrogens is 170 g/mol. The third kappa shape index (κ3) is 3.27. The summed E-state index contributed by atoms with van der Waals surface area (Å²) >= 11 is 0. The summed E-state index contributed by atoms with van der Waals surface area (Å²) in [5.41, 5.74) is 0. The summed E-state index contributed by atoms with van der Waals surface area (Å²) in [5.74, 6) is 1.89. The molecule has 84 valence electrons. The van der Waals surface area contributed by atoms with Crippen molar-refractivity contribution in [2.75, 3.05) is 6.54 Å². The Bertz CT molecular complexity index is 138. The van der Waals surface area contributed by atoms with Crippen LogP contribution in [0.1, 0.15) is 59.3 Å². The van der Waals surface area contributed by atoms with Gasteiger partial charge < -0.3 is 5.32 Å². The van der Waals surface area contributed by atoms with Gasteiger partial charge in [0, 0.05) is 6.04 Å². The number of hydrogen-bond acceptors (Lipinski definition) is 1. The fourth-order valence-corrected chi connectivity index (χ4v) is 2.84. The Morgan fingerprint density at radius 1 is 1.21 bits per heavy atom. The van der Waals surface area contributed by atoms with Gasteiger partial charge in [-0.15, -0.1) is 0 Å². The summed E-state index contributed by atoms with van der Waals surface area (Å²) in [4.78, 5) is 0. The monoisotopic (exact) mass is 197 g/mol.